The predicted molar refractivity (Wildman–Crippen MR) is 87.7 cm³/mol. The molecule has 1 aliphatic rings. The Morgan fingerprint density at radius 2 is 1.82 bits per heavy atom. The highest BCUT2D eigenvalue weighted by atomic mass is 32.2. The van der Waals surface area contributed by atoms with Gasteiger partial charge in [0.2, 0.25) is 9.84 Å². The standard InChI is InChI=1S/C18H21NO2S/c19-12-11-15-6-4-5-14-9-10-17(13-18(14)15)22(20,21)16-7-2-1-3-8-16/h1-3,7-10,13,15H,4-6,11-12,19H2/t15-/m0/s1. The Hall–Kier alpha value is -1.65. The molecule has 2 aromatic carbocycles. The first kappa shape index (κ1) is 15.3. The van der Waals surface area contributed by atoms with Crippen LogP contribution >= 0.6 is 0 Å². The molecule has 1 atom stereocenters. The molecular formula is C18H21NO2S. The second-order valence-corrected chi connectivity index (χ2v) is 7.79. The number of benzene rings is 2. The molecule has 4 heteroatoms. The lowest BCUT2D eigenvalue weighted by Crippen LogP contribution is -2.15. The van der Waals surface area contributed by atoms with E-state index >= 15 is 0 Å². The van der Waals surface area contributed by atoms with Crippen LogP contribution in [0.2, 0.25) is 0 Å². The summed E-state index contributed by atoms with van der Waals surface area (Å²) in [5.74, 6) is 0.389. The predicted octanol–water partition coefficient (Wildman–Crippen LogP) is 3.29. The fraction of sp³-hybridized carbons (Fsp3) is 0.333. The second-order valence-electron chi connectivity index (χ2n) is 5.84. The monoisotopic (exact) mass is 315 g/mol. The molecule has 2 N–H and O–H groups in total. The summed E-state index contributed by atoms with van der Waals surface area (Å²) in [6.07, 6.45) is 4.20. The SMILES string of the molecule is NCC[C@@H]1CCCc2ccc(S(=O)(=O)c3ccccc3)cc21. The molecule has 0 bridgehead atoms. The summed E-state index contributed by atoms with van der Waals surface area (Å²) in [4.78, 5) is 0.738. The third-order valence-corrected chi connectivity index (χ3v) is 6.20. The summed E-state index contributed by atoms with van der Waals surface area (Å²) < 4.78 is 25.5. The second kappa shape index (κ2) is 6.23. The summed E-state index contributed by atoms with van der Waals surface area (Å²) in [5, 5.41) is 0. The molecule has 0 heterocycles. The van der Waals surface area contributed by atoms with Crippen LogP contribution < -0.4 is 5.73 Å². The van der Waals surface area contributed by atoms with Gasteiger partial charge in [-0.1, -0.05) is 24.3 Å². The fourth-order valence-corrected chi connectivity index (χ4v) is 4.60. The lowest BCUT2D eigenvalue weighted by atomic mass is 9.81. The van der Waals surface area contributed by atoms with Gasteiger partial charge in [0.1, 0.15) is 0 Å². The van der Waals surface area contributed by atoms with Crippen molar-refractivity contribution >= 4 is 9.84 Å². The maximum Gasteiger partial charge on any atom is 0.206 e. The number of hydrogen-bond donors (Lipinski definition) is 1. The van der Waals surface area contributed by atoms with E-state index in [-0.39, 0.29) is 0 Å². The van der Waals surface area contributed by atoms with E-state index in [4.69, 9.17) is 5.73 Å². The normalized spacial score (nSPS) is 18.0. The zero-order valence-electron chi connectivity index (χ0n) is 12.5. The van der Waals surface area contributed by atoms with Gasteiger partial charge in [-0.25, -0.2) is 8.42 Å². The van der Waals surface area contributed by atoms with Gasteiger partial charge in [-0.2, -0.15) is 0 Å². The van der Waals surface area contributed by atoms with Gasteiger partial charge in [0.05, 0.1) is 9.79 Å². The van der Waals surface area contributed by atoms with Crippen LogP contribution in [0.4, 0.5) is 0 Å². The molecule has 0 fully saturated rings. The van der Waals surface area contributed by atoms with Gasteiger partial charge >= 0.3 is 0 Å². The summed E-state index contributed by atoms with van der Waals surface area (Å²) in [6, 6.07) is 14.2. The van der Waals surface area contributed by atoms with E-state index in [2.05, 4.69) is 0 Å². The Balaban J connectivity index is 2.05. The fourth-order valence-electron chi connectivity index (χ4n) is 3.28. The van der Waals surface area contributed by atoms with Gasteiger partial charge in [-0.05, 0) is 73.5 Å². The Labute approximate surface area is 132 Å². The number of hydrogen-bond acceptors (Lipinski definition) is 3. The molecule has 2 aromatic rings. The minimum atomic E-state index is -3.44. The van der Waals surface area contributed by atoms with Crippen molar-refractivity contribution in [2.75, 3.05) is 6.54 Å². The molecule has 0 spiro atoms. The lowest BCUT2D eigenvalue weighted by molar-refractivity contribution is 0.524. The molecule has 1 aliphatic carbocycles. The molecule has 22 heavy (non-hydrogen) atoms. The van der Waals surface area contributed by atoms with Crippen LogP contribution in [0.1, 0.15) is 36.3 Å². The van der Waals surface area contributed by atoms with E-state index in [1.54, 1.807) is 30.3 Å². The molecule has 0 saturated carbocycles. The highest BCUT2D eigenvalue weighted by molar-refractivity contribution is 7.91. The van der Waals surface area contributed by atoms with Crippen molar-refractivity contribution in [3.63, 3.8) is 0 Å². The number of sulfone groups is 1. The van der Waals surface area contributed by atoms with E-state index in [0.29, 0.717) is 22.3 Å². The topological polar surface area (TPSA) is 60.2 Å². The number of rotatable bonds is 4. The van der Waals surface area contributed by atoms with E-state index in [0.717, 1.165) is 25.7 Å². The molecule has 0 radical (unpaired) electrons. The van der Waals surface area contributed by atoms with Crippen molar-refractivity contribution in [2.45, 2.75) is 41.4 Å². The molecule has 0 aromatic heterocycles. The van der Waals surface area contributed by atoms with E-state index in [1.165, 1.54) is 11.1 Å². The average molecular weight is 315 g/mol. The van der Waals surface area contributed by atoms with Gasteiger partial charge < -0.3 is 5.73 Å². The maximum absolute atomic E-state index is 12.8. The molecule has 116 valence electrons. The molecule has 3 nitrogen and oxygen atoms in total. The quantitative estimate of drug-likeness (QED) is 0.942. The summed E-state index contributed by atoms with van der Waals surface area (Å²) in [7, 11) is -3.44. The first-order chi connectivity index (χ1) is 10.6. The van der Waals surface area contributed by atoms with Crippen molar-refractivity contribution < 1.29 is 8.42 Å². The van der Waals surface area contributed by atoms with Crippen molar-refractivity contribution in [1.29, 1.82) is 0 Å². The van der Waals surface area contributed by atoms with Crippen LogP contribution in [0.15, 0.2) is 58.3 Å². The van der Waals surface area contributed by atoms with Crippen molar-refractivity contribution in [1.82, 2.24) is 0 Å². The molecular weight excluding hydrogens is 294 g/mol. The van der Waals surface area contributed by atoms with Gasteiger partial charge in [-0.3, -0.25) is 0 Å². The van der Waals surface area contributed by atoms with Crippen LogP contribution in [0.25, 0.3) is 0 Å². The smallest absolute Gasteiger partial charge is 0.206 e. The van der Waals surface area contributed by atoms with Crippen molar-refractivity contribution in [3.8, 4) is 0 Å². The van der Waals surface area contributed by atoms with Crippen LogP contribution in [0, 0.1) is 0 Å². The summed E-state index contributed by atoms with van der Waals surface area (Å²) in [5.41, 5.74) is 8.16. The number of nitrogens with two attached hydrogens (primary N) is 1. The minimum Gasteiger partial charge on any atom is -0.330 e. The first-order valence-electron chi connectivity index (χ1n) is 7.76. The Kier molecular flexibility index (Phi) is 4.32. The number of fused-ring (bicyclic) bond motifs is 1. The Bertz CT molecular complexity index is 754. The van der Waals surface area contributed by atoms with Crippen molar-refractivity contribution in [3.05, 3.63) is 59.7 Å². The van der Waals surface area contributed by atoms with Gasteiger partial charge in [0.25, 0.3) is 0 Å². The van der Waals surface area contributed by atoms with Crippen LogP contribution in [0.5, 0.6) is 0 Å². The van der Waals surface area contributed by atoms with E-state index in [1.807, 2.05) is 18.2 Å². The molecule has 0 amide bonds. The molecule has 3 rings (SSSR count). The molecule has 0 unspecified atom stereocenters. The molecule has 0 saturated heterocycles. The first-order valence-corrected chi connectivity index (χ1v) is 9.24. The lowest BCUT2D eigenvalue weighted by Gasteiger charge is -2.25. The van der Waals surface area contributed by atoms with E-state index < -0.39 is 9.84 Å². The molecule has 0 aliphatic heterocycles. The van der Waals surface area contributed by atoms with Gasteiger partial charge in [-0.15, -0.1) is 0 Å². The van der Waals surface area contributed by atoms with Gasteiger partial charge in [0, 0.05) is 0 Å². The van der Waals surface area contributed by atoms with Crippen LogP contribution in [0.3, 0.4) is 0 Å². The van der Waals surface area contributed by atoms with Crippen molar-refractivity contribution in [2.24, 2.45) is 5.73 Å². The summed E-state index contributed by atoms with van der Waals surface area (Å²) in [6.45, 7) is 0.639. The average Bonchev–Trinajstić information content (AvgIpc) is 2.56. The third-order valence-electron chi connectivity index (χ3n) is 4.43. The maximum atomic E-state index is 12.8. The van der Waals surface area contributed by atoms with Crippen LogP contribution in [-0.2, 0) is 16.3 Å². The minimum absolute atomic E-state index is 0.348. The van der Waals surface area contributed by atoms with Gasteiger partial charge in [0.15, 0.2) is 0 Å². The third kappa shape index (κ3) is 2.81. The summed E-state index contributed by atoms with van der Waals surface area (Å²) >= 11 is 0. The van der Waals surface area contributed by atoms with E-state index in [9.17, 15) is 8.42 Å². The Morgan fingerprint density at radius 1 is 1.05 bits per heavy atom. The number of aryl methyl sites for hydroxylation is 1. The largest absolute Gasteiger partial charge is 0.330 e. The zero-order chi connectivity index (χ0) is 15.6. The van der Waals surface area contributed by atoms with Crippen LogP contribution in [-0.4, -0.2) is 15.0 Å². The highest BCUT2D eigenvalue weighted by Gasteiger charge is 2.24. The zero-order valence-corrected chi connectivity index (χ0v) is 13.4. The Morgan fingerprint density at radius 3 is 2.55 bits per heavy atom. The highest BCUT2D eigenvalue weighted by Crippen LogP contribution is 2.36.